The van der Waals surface area contributed by atoms with Gasteiger partial charge in [0, 0.05) is 25.7 Å². The third-order valence-corrected chi connectivity index (χ3v) is 6.46. The van der Waals surface area contributed by atoms with Gasteiger partial charge in [0.25, 0.3) is 0 Å². The van der Waals surface area contributed by atoms with E-state index in [2.05, 4.69) is 19.2 Å². The molecule has 0 radical (unpaired) electrons. The molecule has 0 aromatic carbocycles. The molecule has 1 fully saturated rings. The molecule has 0 amide bonds. The highest BCUT2D eigenvalue weighted by Gasteiger charge is 2.35. The Balaban J connectivity index is 2.49. The van der Waals surface area contributed by atoms with Crippen LogP contribution in [0.3, 0.4) is 0 Å². The second-order valence-corrected chi connectivity index (χ2v) is 8.12. The third-order valence-electron chi connectivity index (χ3n) is 4.59. The van der Waals surface area contributed by atoms with Gasteiger partial charge in [0.05, 0.1) is 5.75 Å². The summed E-state index contributed by atoms with van der Waals surface area (Å²) >= 11 is 0. The summed E-state index contributed by atoms with van der Waals surface area (Å²) in [6.45, 7) is 10.5. The summed E-state index contributed by atoms with van der Waals surface area (Å²) in [6.07, 6.45) is 4.34. The number of hydrogen-bond donors (Lipinski definition) is 1. The van der Waals surface area contributed by atoms with Crippen molar-refractivity contribution in [2.75, 3.05) is 25.4 Å². The highest BCUT2D eigenvalue weighted by Crippen LogP contribution is 2.38. The van der Waals surface area contributed by atoms with Gasteiger partial charge in [-0.15, -0.1) is 0 Å². The first-order valence-corrected chi connectivity index (χ1v) is 9.17. The van der Waals surface area contributed by atoms with Crippen LogP contribution in [0.2, 0.25) is 0 Å². The van der Waals surface area contributed by atoms with Crippen molar-refractivity contribution in [3.63, 3.8) is 0 Å². The molecule has 1 N–H and O–H groups in total. The number of sulfonamides is 1. The van der Waals surface area contributed by atoms with Crippen molar-refractivity contribution < 1.29 is 8.42 Å². The van der Waals surface area contributed by atoms with E-state index in [1.165, 1.54) is 0 Å². The van der Waals surface area contributed by atoms with Gasteiger partial charge in [-0.3, -0.25) is 0 Å². The van der Waals surface area contributed by atoms with Crippen LogP contribution in [0, 0.1) is 5.41 Å². The van der Waals surface area contributed by atoms with E-state index >= 15 is 0 Å². The summed E-state index contributed by atoms with van der Waals surface area (Å²) in [4.78, 5) is 0. The van der Waals surface area contributed by atoms with E-state index in [1.54, 1.807) is 4.31 Å². The molecule has 0 bridgehead atoms. The summed E-state index contributed by atoms with van der Waals surface area (Å²) in [5, 5.41) is 3.17. The van der Waals surface area contributed by atoms with Gasteiger partial charge in [-0.25, -0.2) is 12.7 Å². The van der Waals surface area contributed by atoms with E-state index in [9.17, 15) is 8.42 Å². The number of nitrogens with one attached hydrogen (secondary N) is 1. The smallest absolute Gasteiger partial charge is 0.215 e. The summed E-state index contributed by atoms with van der Waals surface area (Å²) < 4.78 is 26.2. The Morgan fingerprint density at radius 2 is 1.68 bits per heavy atom. The van der Waals surface area contributed by atoms with E-state index in [4.69, 9.17) is 0 Å². The average molecular weight is 290 g/mol. The van der Waals surface area contributed by atoms with Crippen LogP contribution >= 0.6 is 0 Å². The Hall–Kier alpha value is -0.130. The monoisotopic (exact) mass is 290 g/mol. The zero-order chi connectivity index (χ0) is 14.5. The minimum Gasteiger partial charge on any atom is -0.313 e. The van der Waals surface area contributed by atoms with Crippen molar-refractivity contribution in [1.29, 1.82) is 0 Å². The summed E-state index contributed by atoms with van der Waals surface area (Å²) in [6, 6.07) is 0.337. The van der Waals surface area contributed by atoms with Crippen molar-refractivity contribution >= 4 is 10.0 Å². The van der Waals surface area contributed by atoms with Crippen LogP contribution in [0.25, 0.3) is 0 Å². The molecule has 0 unspecified atom stereocenters. The molecule has 0 spiro atoms. The van der Waals surface area contributed by atoms with Crippen molar-refractivity contribution in [3.05, 3.63) is 0 Å². The fourth-order valence-corrected chi connectivity index (χ4v) is 4.17. The molecule has 5 heteroatoms. The highest BCUT2D eigenvalue weighted by molar-refractivity contribution is 7.89. The molecule has 1 aliphatic rings. The SMILES string of the molecule is CCC1(CC)CCN(S(=O)(=O)CCNC(C)C)CC1. The van der Waals surface area contributed by atoms with Crippen LogP contribution in [0.5, 0.6) is 0 Å². The Labute approximate surface area is 119 Å². The second kappa shape index (κ2) is 7.04. The van der Waals surface area contributed by atoms with E-state index in [-0.39, 0.29) is 5.75 Å². The van der Waals surface area contributed by atoms with Gasteiger partial charge in [-0.1, -0.05) is 40.5 Å². The van der Waals surface area contributed by atoms with Gasteiger partial charge < -0.3 is 5.32 Å². The average Bonchev–Trinajstić information content (AvgIpc) is 2.38. The van der Waals surface area contributed by atoms with Crippen LogP contribution in [-0.2, 0) is 10.0 Å². The molecule has 0 saturated carbocycles. The van der Waals surface area contributed by atoms with E-state index < -0.39 is 10.0 Å². The third kappa shape index (κ3) is 4.72. The predicted molar refractivity (Wildman–Crippen MR) is 80.7 cm³/mol. The number of hydrogen-bond acceptors (Lipinski definition) is 3. The molecule has 0 aromatic heterocycles. The van der Waals surface area contributed by atoms with Gasteiger partial charge in [0.1, 0.15) is 0 Å². The first kappa shape index (κ1) is 16.9. The van der Waals surface area contributed by atoms with Crippen LogP contribution < -0.4 is 5.32 Å². The lowest BCUT2D eigenvalue weighted by Gasteiger charge is -2.40. The lowest BCUT2D eigenvalue weighted by atomic mass is 9.75. The van der Waals surface area contributed by atoms with Gasteiger partial charge in [-0.2, -0.15) is 0 Å². The molecular weight excluding hydrogens is 260 g/mol. The van der Waals surface area contributed by atoms with Gasteiger partial charge in [0.15, 0.2) is 0 Å². The van der Waals surface area contributed by atoms with Crippen molar-refractivity contribution in [1.82, 2.24) is 9.62 Å². The molecule has 1 aliphatic heterocycles. The summed E-state index contributed by atoms with van der Waals surface area (Å²) in [7, 11) is -3.07. The van der Waals surface area contributed by atoms with Gasteiger partial charge in [-0.05, 0) is 18.3 Å². The first-order chi connectivity index (χ1) is 8.85. The molecule has 1 saturated heterocycles. The molecule has 0 aromatic rings. The fourth-order valence-electron chi connectivity index (χ4n) is 2.80. The van der Waals surface area contributed by atoms with E-state index in [0.717, 1.165) is 25.7 Å². The molecule has 1 heterocycles. The quantitative estimate of drug-likeness (QED) is 0.782. The van der Waals surface area contributed by atoms with Crippen molar-refractivity contribution in [2.45, 2.75) is 59.4 Å². The Morgan fingerprint density at radius 1 is 1.16 bits per heavy atom. The van der Waals surface area contributed by atoms with Crippen molar-refractivity contribution in [3.8, 4) is 0 Å². The largest absolute Gasteiger partial charge is 0.313 e. The minimum absolute atomic E-state index is 0.219. The lowest BCUT2D eigenvalue weighted by Crippen LogP contribution is -2.45. The lowest BCUT2D eigenvalue weighted by molar-refractivity contribution is 0.141. The van der Waals surface area contributed by atoms with Gasteiger partial charge in [0.2, 0.25) is 10.0 Å². The Morgan fingerprint density at radius 3 is 2.11 bits per heavy atom. The van der Waals surface area contributed by atoms with Crippen molar-refractivity contribution in [2.24, 2.45) is 5.41 Å². The molecule has 19 heavy (non-hydrogen) atoms. The number of nitrogens with zero attached hydrogens (tertiary/aromatic N) is 1. The number of piperidine rings is 1. The maximum absolute atomic E-state index is 12.2. The minimum atomic E-state index is -3.07. The summed E-state index contributed by atoms with van der Waals surface area (Å²) in [5.41, 5.74) is 0.377. The van der Waals surface area contributed by atoms with Crippen LogP contribution in [0.15, 0.2) is 0 Å². The van der Waals surface area contributed by atoms with Crippen LogP contribution in [0.4, 0.5) is 0 Å². The highest BCUT2D eigenvalue weighted by atomic mass is 32.2. The van der Waals surface area contributed by atoms with Gasteiger partial charge >= 0.3 is 0 Å². The molecule has 114 valence electrons. The Kier molecular flexibility index (Phi) is 6.27. The normalized spacial score (nSPS) is 20.9. The van der Waals surface area contributed by atoms with Crippen LogP contribution in [0.1, 0.15) is 53.4 Å². The molecule has 0 aliphatic carbocycles. The molecular formula is C14H30N2O2S. The van der Waals surface area contributed by atoms with Crippen LogP contribution in [-0.4, -0.2) is 44.2 Å². The topological polar surface area (TPSA) is 49.4 Å². The summed E-state index contributed by atoms with van der Waals surface area (Å²) in [5.74, 6) is 0.219. The second-order valence-electron chi connectivity index (χ2n) is 6.03. The first-order valence-electron chi connectivity index (χ1n) is 7.56. The van der Waals surface area contributed by atoms with E-state index in [1.807, 2.05) is 13.8 Å². The fraction of sp³-hybridized carbons (Fsp3) is 1.00. The number of rotatable bonds is 7. The Bertz CT molecular complexity index is 352. The predicted octanol–water partition coefficient (Wildman–Crippen LogP) is 2.22. The maximum Gasteiger partial charge on any atom is 0.215 e. The standard InChI is InChI=1S/C14H30N2O2S/c1-5-14(6-2)7-10-16(11-8-14)19(17,18)12-9-15-13(3)4/h13,15H,5-12H2,1-4H3. The van der Waals surface area contributed by atoms with E-state index in [0.29, 0.717) is 31.1 Å². The maximum atomic E-state index is 12.2. The molecule has 4 nitrogen and oxygen atoms in total. The molecule has 1 rings (SSSR count). The molecule has 0 atom stereocenters. The zero-order valence-electron chi connectivity index (χ0n) is 12.9. The zero-order valence-corrected chi connectivity index (χ0v) is 13.7.